The van der Waals surface area contributed by atoms with Crippen LogP contribution in [0.5, 0.6) is 11.5 Å². The van der Waals surface area contributed by atoms with Crippen LogP contribution < -0.4 is 14.8 Å². The maximum Gasteiger partial charge on any atom is 0.243 e. The Balaban J connectivity index is 1.40. The van der Waals surface area contributed by atoms with E-state index in [4.69, 9.17) is 9.47 Å². The summed E-state index contributed by atoms with van der Waals surface area (Å²) in [4.78, 5) is 29.6. The van der Waals surface area contributed by atoms with Gasteiger partial charge in [0.1, 0.15) is 6.04 Å². The predicted octanol–water partition coefficient (Wildman–Crippen LogP) is 5.75. The molecule has 6 heteroatoms. The normalized spacial score (nSPS) is 15.5. The van der Waals surface area contributed by atoms with Gasteiger partial charge in [0.05, 0.1) is 0 Å². The Hall–Kier alpha value is -3.80. The maximum absolute atomic E-state index is 14.0. The van der Waals surface area contributed by atoms with Crippen molar-refractivity contribution in [3.63, 3.8) is 0 Å². The largest absolute Gasteiger partial charge is 0.454 e. The average molecular weight is 527 g/mol. The first kappa shape index (κ1) is 26.8. The van der Waals surface area contributed by atoms with E-state index in [0.29, 0.717) is 31.6 Å². The standard InChI is InChI=1S/C33H38N2O4/c1-24-9-8-12-27(19-24)22-35(32(36)18-16-26-15-17-30-31(21-26)39-23-38-30)29(20-25-10-4-2-5-11-25)33(37)34-28-13-6-3-7-14-28/h2,4-5,8-12,15,17,19,21,28-29H,3,6-7,13-14,16,18,20,22-23H2,1H3,(H,34,37). The van der Waals surface area contributed by atoms with Gasteiger partial charge in [0.25, 0.3) is 0 Å². The smallest absolute Gasteiger partial charge is 0.243 e. The lowest BCUT2D eigenvalue weighted by Gasteiger charge is -2.33. The lowest BCUT2D eigenvalue weighted by atomic mass is 9.94. The third kappa shape index (κ3) is 7.20. The van der Waals surface area contributed by atoms with Gasteiger partial charge in [0, 0.05) is 25.4 Å². The van der Waals surface area contributed by atoms with Crippen molar-refractivity contribution in [1.29, 1.82) is 0 Å². The van der Waals surface area contributed by atoms with Crippen LogP contribution in [0.4, 0.5) is 0 Å². The van der Waals surface area contributed by atoms with Crippen LogP contribution in [0.25, 0.3) is 0 Å². The quantitative estimate of drug-likeness (QED) is 0.366. The van der Waals surface area contributed by atoms with Crippen molar-refractivity contribution in [2.75, 3.05) is 6.79 Å². The lowest BCUT2D eigenvalue weighted by Crippen LogP contribution is -2.52. The fraction of sp³-hybridized carbons (Fsp3) is 0.394. The molecule has 0 saturated heterocycles. The topological polar surface area (TPSA) is 67.9 Å². The zero-order chi connectivity index (χ0) is 27.0. The molecule has 39 heavy (non-hydrogen) atoms. The number of rotatable bonds is 10. The van der Waals surface area contributed by atoms with Gasteiger partial charge in [-0.3, -0.25) is 9.59 Å². The van der Waals surface area contributed by atoms with E-state index in [0.717, 1.165) is 53.7 Å². The molecular weight excluding hydrogens is 488 g/mol. The van der Waals surface area contributed by atoms with Gasteiger partial charge >= 0.3 is 0 Å². The predicted molar refractivity (Wildman–Crippen MR) is 152 cm³/mol. The van der Waals surface area contributed by atoms with E-state index in [1.54, 1.807) is 4.90 Å². The van der Waals surface area contributed by atoms with Gasteiger partial charge < -0.3 is 19.7 Å². The Labute approximate surface area is 231 Å². The summed E-state index contributed by atoms with van der Waals surface area (Å²) >= 11 is 0. The van der Waals surface area contributed by atoms with Gasteiger partial charge in [-0.2, -0.15) is 0 Å². The maximum atomic E-state index is 14.0. The molecule has 3 aromatic rings. The number of ether oxygens (including phenoxy) is 2. The number of amides is 2. The Morgan fingerprint density at radius 1 is 0.872 bits per heavy atom. The second kappa shape index (κ2) is 12.8. The zero-order valence-corrected chi connectivity index (χ0v) is 22.7. The molecule has 5 rings (SSSR count). The van der Waals surface area contributed by atoms with Crippen molar-refractivity contribution in [1.82, 2.24) is 10.2 Å². The summed E-state index contributed by atoms with van der Waals surface area (Å²) in [5.41, 5.74) is 4.20. The molecule has 2 aliphatic rings. The monoisotopic (exact) mass is 526 g/mol. The van der Waals surface area contributed by atoms with E-state index in [9.17, 15) is 9.59 Å². The Morgan fingerprint density at radius 2 is 1.64 bits per heavy atom. The Kier molecular flexibility index (Phi) is 8.82. The van der Waals surface area contributed by atoms with E-state index in [2.05, 4.69) is 11.4 Å². The lowest BCUT2D eigenvalue weighted by molar-refractivity contribution is -0.141. The summed E-state index contributed by atoms with van der Waals surface area (Å²) in [6.07, 6.45) is 6.82. The Morgan fingerprint density at radius 3 is 2.44 bits per heavy atom. The molecule has 3 aromatic carbocycles. The number of hydrogen-bond acceptors (Lipinski definition) is 4. The second-order valence-electron chi connectivity index (χ2n) is 10.7. The minimum Gasteiger partial charge on any atom is -0.454 e. The van der Waals surface area contributed by atoms with Crippen LogP contribution in [-0.2, 0) is 29.0 Å². The highest BCUT2D eigenvalue weighted by Crippen LogP contribution is 2.33. The molecule has 0 aromatic heterocycles. The molecule has 1 fully saturated rings. The molecule has 0 radical (unpaired) electrons. The van der Waals surface area contributed by atoms with Crippen molar-refractivity contribution < 1.29 is 19.1 Å². The first-order valence-electron chi connectivity index (χ1n) is 14.1. The fourth-order valence-electron chi connectivity index (χ4n) is 5.60. The molecule has 6 nitrogen and oxygen atoms in total. The third-order valence-corrected chi connectivity index (χ3v) is 7.72. The van der Waals surface area contributed by atoms with Crippen LogP contribution in [0, 0.1) is 6.92 Å². The van der Waals surface area contributed by atoms with E-state index >= 15 is 0 Å². The zero-order valence-electron chi connectivity index (χ0n) is 22.7. The van der Waals surface area contributed by atoms with Gasteiger partial charge in [0.15, 0.2) is 11.5 Å². The van der Waals surface area contributed by atoms with Crippen molar-refractivity contribution >= 4 is 11.8 Å². The van der Waals surface area contributed by atoms with Crippen LogP contribution >= 0.6 is 0 Å². The third-order valence-electron chi connectivity index (χ3n) is 7.72. The van der Waals surface area contributed by atoms with Crippen molar-refractivity contribution in [2.45, 2.75) is 76.9 Å². The highest BCUT2D eigenvalue weighted by atomic mass is 16.7. The highest BCUT2D eigenvalue weighted by Gasteiger charge is 2.32. The SMILES string of the molecule is Cc1cccc(CN(C(=O)CCc2ccc3c(c2)OCO3)C(Cc2ccccc2)C(=O)NC2CCCCC2)c1. The van der Waals surface area contributed by atoms with Gasteiger partial charge in [-0.15, -0.1) is 0 Å². The summed E-state index contributed by atoms with van der Waals surface area (Å²) in [5, 5.41) is 3.31. The molecule has 0 spiro atoms. The number of aryl methyl sites for hydroxylation is 2. The molecular formula is C33H38N2O4. The number of nitrogens with one attached hydrogen (secondary N) is 1. The summed E-state index contributed by atoms with van der Waals surface area (Å²) in [6.45, 7) is 2.66. The molecule has 1 aliphatic heterocycles. The van der Waals surface area contributed by atoms with E-state index < -0.39 is 6.04 Å². The number of nitrogens with zero attached hydrogens (tertiary/aromatic N) is 1. The molecule has 204 valence electrons. The summed E-state index contributed by atoms with van der Waals surface area (Å²) in [5.74, 6) is 1.35. The van der Waals surface area contributed by atoms with Crippen LogP contribution in [-0.4, -0.2) is 35.6 Å². The average Bonchev–Trinajstić information content (AvgIpc) is 3.43. The van der Waals surface area contributed by atoms with Crippen LogP contribution in [0.1, 0.15) is 60.8 Å². The van der Waals surface area contributed by atoms with Crippen LogP contribution in [0.3, 0.4) is 0 Å². The summed E-state index contributed by atoms with van der Waals surface area (Å²) in [7, 11) is 0. The molecule has 1 saturated carbocycles. The van der Waals surface area contributed by atoms with Gasteiger partial charge in [-0.05, 0) is 55.0 Å². The summed E-state index contributed by atoms with van der Waals surface area (Å²) < 4.78 is 10.9. The minimum atomic E-state index is -0.598. The number of hydrogen-bond donors (Lipinski definition) is 1. The highest BCUT2D eigenvalue weighted by molar-refractivity contribution is 5.88. The number of fused-ring (bicyclic) bond motifs is 1. The molecule has 2 amide bonds. The van der Waals surface area contributed by atoms with Crippen molar-refractivity contribution in [2.24, 2.45) is 0 Å². The molecule has 1 unspecified atom stereocenters. The van der Waals surface area contributed by atoms with Gasteiger partial charge in [0.2, 0.25) is 18.6 Å². The van der Waals surface area contributed by atoms with Gasteiger partial charge in [-0.25, -0.2) is 0 Å². The first-order valence-corrected chi connectivity index (χ1v) is 14.1. The molecule has 0 bridgehead atoms. The second-order valence-corrected chi connectivity index (χ2v) is 10.7. The molecule has 1 N–H and O–H groups in total. The van der Waals surface area contributed by atoms with Crippen LogP contribution in [0.15, 0.2) is 72.8 Å². The molecule has 1 heterocycles. The van der Waals surface area contributed by atoms with Crippen molar-refractivity contribution in [3.05, 3.63) is 95.1 Å². The number of carbonyl (C=O) groups excluding carboxylic acids is 2. The molecule has 1 atom stereocenters. The molecule has 1 aliphatic carbocycles. The fourth-order valence-corrected chi connectivity index (χ4v) is 5.60. The Bertz CT molecular complexity index is 1270. The minimum absolute atomic E-state index is 0.0334. The first-order chi connectivity index (χ1) is 19.0. The van der Waals surface area contributed by atoms with E-state index in [-0.39, 0.29) is 24.6 Å². The summed E-state index contributed by atoms with van der Waals surface area (Å²) in [6, 6.07) is 23.6. The number of benzene rings is 3. The number of carbonyl (C=O) groups is 2. The van der Waals surface area contributed by atoms with E-state index in [1.165, 1.54) is 6.42 Å². The van der Waals surface area contributed by atoms with Crippen molar-refractivity contribution in [3.8, 4) is 11.5 Å². The van der Waals surface area contributed by atoms with E-state index in [1.807, 2.05) is 73.7 Å². The van der Waals surface area contributed by atoms with Gasteiger partial charge in [-0.1, -0.05) is 85.5 Å². The van der Waals surface area contributed by atoms with Crippen LogP contribution in [0.2, 0.25) is 0 Å².